The number of nitriles is 2. The van der Waals surface area contributed by atoms with Crippen molar-refractivity contribution >= 4 is 45.9 Å². The summed E-state index contributed by atoms with van der Waals surface area (Å²) in [5, 5.41) is 28.2. The third kappa shape index (κ3) is 7.09. The van der Waals surface area contributed by atoms with E-state index < -0.39 is 11.9 Å². The molecule has 0 amide bonds. The lowest BCUT2D eigenvalue weighted by Gasteiger charge is -2.25. The molecule has 0 fully saturated rings. The Morgan fingerprint density at radius 2 is 1.02 bits per heavy atom. The number of carbonyl (C=O) groups is 2. The maximum absolute atomic E-state index is 12.0. The second-order valence-electron chi connectivity index (χ2n) is 11.6. The van der Waals surface area contributed by atoms with Crippen molar-refractivity contribution in [1.29, 1.82) is 10.5 Å². The fraction of sp³-hybridized carbons (Fsp3) is 0.0476. The van der Waals surface area contributed by atoms with E-state index in [0.29, 0.717) is 39.6 Å². The number of benzene rings is 5. The highest BCUT2D eigenvalue weighted by Gasteiger charge is 2.26. The van der Waals surface area contributed by atoms with Gasteiger partial charge in [-0.1, -0.05) is 43.5 Å². The predicted octanol–water partition coefficient (Wildman–Crippen LogP) is 10.4. The van der Waals surface area contributed by atoms with Crippen LogP contribution in [-0.2, 0) is 9.59 Å². The molecule has 0 heterocycles. The number of ether oxygens (including phenoxy) is 2. The van der Waals surface area contributed by atoms with Gasteiger partial charge in [-0.3, -0.25) is 0 Å². The number of allylic oxidation sites excluding steroid dienone is 1. The van der Waals surface area contributed by atoms with E-state index in [1.165, 1.54) is 0 Å². The topological polar surface area (TPSA) is 128 Å². The number of hydrogen-bond acceptors (Lipinski definition) is 9. The van der Waals surface area contributed by atoms with Gasteiger partial charge in [0.1, 0.15) is 29.2 Å². The molecule has 0 aromatic heterocycles. The first-order valence-electron chi connectivity index (χ1n) is 15.7. The van der Waals surface area contributed by atoms with Crippen molar-refractivity contribution in [2.45, 2.75) is 13.8 Å². The van der Waals surface area contributed by atoms with E-state index in [0.717, 1.165) is 39.3 Å². The van der Waals surface area contributed by atoms with Crippen LogP contribution in [0.2, 0.25) is 0 Å². The van der Waals surface area contributed by atoms with Crippen molar-refractivity contribution in [2.24, 2.45) is 10.2 Å². The minimum absolute atomic E-state index is 0.0639. The fourth-order valence-electron chi connectivity index (χ4n) is 5.47. The molecule has 1 aliphatic rings. The van der Waals surface area contributed by atoms with Crippen LogP contribution in [0.25, 0.3) is 16.7 Å². The first kappa shape index (κ1) is 33.5. The molecule has 0 radical (unpaired) electrons. The van der Waals surface area contributed by atoms with E-state index in [1.807, 2.05) is 108 Å². The summed E-state index contributed by atoms with van der Waals surface area (Å²) in [7, 11) is 0. The quantitative estimate of drug-likeness (QED) is 0.0493. The van der Waals surface area contributed by atoms with Crippen molar-refractivity contribution in [2.75, 3.05) is 4.90 Å². The van der Waals surface area contributed by atoms with Crippen LogP contribution in [0.5, 0.6) is 11.5 Å². The summed E-state index contributed by atoms with van der Waals surface area (Å²) >= 11 is 0. The number of azo groups is 1. The van der Waals surface area contributed by atoms with Crippen LogP contribution >= 0.6 is 0 Å². The molecule has 0 saturated carbocycles. The van der Waals surface area contributed by atoms with Gasteiger partial charge in [0.05, 0.1) is 11.4 Å². The van der Waals surface area contributed by atoms with Gasteiger partial charge in [-0.25, -0.2) is 9.59 Å². The third-order valence-corrected chi connectivity index (χ3v) is 7.93. The van der Waals surface area contributed by atoms with Crippen molar-refractivity contribution in [3.63, 3.8) is 0 Å². The lowest BCUT2D eigenvalue weighted by atomic mass is 9.99. The van der Waals surface area contributed by atoms with Crippen LogP contribution in [0.15, 0.2) is 155 Å². The first-order chi connectivity index (χ1) is 24.7. The maximum Gasteiger partial charge on any atom is 0.338 e. The predicted molar refractivity (Wildman–Crippen MR) is 195 cm³/mol. The van der Waals surface area contributed by atoms with Gasteiger partial charge in [0.15, 0.2) is 0 Å². The Kier molecular flexibility index (Phi) is 9.47. The van der Waals surface area contributed by atoms with Gasteiger partial charge in [0.2, 0.25) is 0 Å². The Balaban J connectivity index is 1.29. The molecule has 0 unspecified atom stereocenters. The second kappa shape index (κ2) is 14.4. The molecule has 5 aromatic rings. The fourth-order valence-corrected chi connectivity index (χ4v) is 5.47. The van der Waals surface area contributed by atoms with E-state index in [2.05, 4.69) is 23.4 Å². The molecule has 0 atom stereocenters. The summed E-state index contributed by atoms with van der Waals surface area (Å²) in [5.74, 6) is -0.268. The highest BCUT2D eigenvalue weighted by atomic mass is 16.5. The molecule has 246 valence electrons. The molecule has 0 spiro atoms. The zero-order valence-electron chi connectivity index (χ0n) is 27.8. The van der Waals surface area contributed by atoms with Crippen LogP contribution in [0.4, 0.5) is 28.4 Å². The average Bonchev–Trinajstić information content (AvgIpc) is 3.46. The average molecular weight is 668 g/mol. The molecule has 5 aromatic carbocycles. The monoisotopic (exact) mass is 667 g/mol. The van der Waals surface area contributed by atoms with Gasteiger partial charge in [-0.05, 0) is 121 Å². The molecule has 1 aliphatic carbocycles. The van der Waals surface area contributed by atoms with Crippen molar-refractivity contribution < 1.29 is 19.1 Å². The molecule has 0 saturated heterocycles. The van der Waals surface area contributed by atoms with Crippen LogP contribution in [0.1, 0.15) is 25.0 Å². The summed E-state index contributed by atoms with van der Waals surface area (Å²) in [4.78, 5) is 26.1. The molecule has 0 N–H and O–H groups in total. The molecule has 9 nitrogen and oxygen atoms in total. The lowest BCUT2D eigenvalue weighted by Crippen LogP contribution is -2.11. The van der Waals surface area contributed by atoms with Crippen molar-refractivity contribution in [3.8, 4) is 34.8 Å². The smallest absolute Gasteiger partial charge is 0.338 e. The minimum atomic E-state index is -0.511. The number of anilines is 3. The molecule has 6 rings (SSSR count). The minimum Gasteiger partial charge on any atom is -0.423 e. The number of carbonyl (C=O) groups excluding carboxylic acids is 2. The van der Waals surface area contributed by atoms with Gasteiger partial charge in [-0.15, -0.1) is 0 Å². The highest BCUT2D eigenvalue weighted by Crippen LogP contribution is 2.47. The second-order valence-corrected chi connectivity index (χ2v) is 11.6. The summed E-state index contributed by atoms with van der Waals surface area (Å²) < 4.78 is 10.8. The van der Waals surface area contributed by atoms with Gasteiger partial charge in [0, 0.05) is 33.8 Å². The van der Waals surface area contributed by atoms with E-state index >= 15 is 0 Å². The highest BCUT2D eigenvalue weighted by molar-refractivity contribution is 6.04. The third-order valence-electron chi connectivity index (χ3n) is 7.93. The normalized spacial score (nSPS) is 11.1. The van der Waals surface area contributed by atoms with E-state index in [1.54, 1.807) is 38.1 Å². The number of hydrogen-bond donors (Lipinski definition) is 0. The Hall–Kier alpha value is -7.36. The Morgan fingerprint density at radius 1 is 0.588 bits per heavy atom. The van der Waals surface area contributed by atoms with Gasteiger partial charge < -0.3 is 14.4 Å². The zero-order chi connectivity index (χ0) is 36.1. The van der Waals surface area contributed by atoms with Gasteiger partial charge >= 0.3 is 11.9 Å². The molecular weight excluding hydrogens is 638 g/mol. The van der Waals surface area contributed by atoms with Gasteiger partial charge in [-0.2, -0.15) is 20.8 Å². The summed E-state index contributed by atoms with van der Waals surface area (Å²) in [6.07, 6.45) is 0. The van der Waals surface area contributed by atoms with Crippen LogP contribution in [0.3, 0.4) is 0 Å². The molecule has 9 heteroatoms. The number of rotatable bonds is 9. The SMILES string of the molecule is C=C(C)C(=O)Oc1ccc(N(c2ccc(/N=N/c3ccc4c(c3)-c3ccccc3C4=C(C#N)C#N)cc2)c2ccc(OC(=O)C(=C)C)cc2)cc1. The largest absolute Gasteiger partial charge is 0.423 e. The van der Waals surface area contributed by atoms with Crippen molar-refractivity contribution in [1.82, 2.24) is 0 Å². The standard InChI is InChI=1S/C42H29N5O4/c1-26(2)41(48)50-34-18-14-32(15-19-34)47(33-16-20-35(21-17-33)51-42(49)27(3)4)31-12-9-29(10-13-31)45-46-30-11-22-38-39(23-30)36-7-5-6-8-37(36)40(38)28(24-43)25-44/h5-23H,1,3H2,2,4H3/b46-45+. The maximum atomic E-state index is 12.0. The molecule has 0 bridgehead atoms. The molecule has 0 aliphatic heterocycles. The molecule has 51 heavy (non-hydrogen) atoms. The molecular formula is C42H29N5O4. The van der Waals surface area contributed by atoms with E-state index in [9.17, 15) is 20.1 Å². The lowest BCUT2D eigenvalue weighted by molar-refractivity contribution is -0.130. The first-order valence-corrected chi connectivity index (χ1v) is 15.7. The Morgan fingerprint density at radius 3 is 1.51 bits per heavy atom. The summed E-state index contributed by atoms with van der Waals surface area (Å²) in [6, 6.07) is 38.9. The van der Waals surface area contributed by atoms with Crippen molar-refractivity contribution in [3.05, 3.63) is 156 Å². The summed E-state index contributed by atoms with van der Waals surface area (Å²) in [5.41, 5.74) is 8.30. The van der Waals surface area contributed by atoms with Crippen LogP contribution in [-0.4, -0.2) is 11.9 Å². The number of esters is 2. The van der Waals surface area contributed by atoms with Crippen LogP contribution < -0.4 is 14.4 Å². The van der Waals surface area contributed by atoms with E-state index in [4.69, 9.17) is 9.47 Å². The summed E-state index contributed by atoms with van der Waals surface area (Å²) in [6.45, 7) is 10.4. The van der Waals surface area contributed by atoms with Gasteiger partial charge in [0.25, 0.3) is 0 Å². The number of nitrogens with zero attached hydrogens (tertiary/aromatic N) is 5. The Labute approximate surface area is 295 Å². The van der Waals surface area contributed by atoms with Crippen LogP contribution in [0, 0.1) is 22.7 Å². The van der Waals surface area contributed by atoms with E-state index in [-0.39, 0.29) is 5.57 Å². The zero-order valence-corrected chi connectivity index (χ0v) is 27.8. The number of fused-ring (bicyclic) bond motifs is 3. The Bertz CT molecular complexity index is 2270.